The third-order valence-electron chi connectivity index (χ3n) is 3.51. The third-order valence-corrected chi connectivity index (χ3v) is 4.96. The van der Waals surface area contributed by atoms with Gasteiger partial charge in [-0.25, -0.2) is 13.6 Å². The topological polar surface area (TPSA) is 66.4 Å². The number of para-hydroxylation sites is 1. The molecule has 4 nitrogen and oxygen atoms in total. The summed E-state index contributed by atoms with van der Waals surface area (Å²) >= 11 is 7.13. The molecule has 0 saturated carbocycles. The molecule has 0 aliphatic heterocycles. The first-order valence-electron chi connectivity index (χ1n) is 7.25. The Balaban J connectivity index is 1.90. The molecule has 0 radical (unpaired) electrons. The number of hydrogen-bond acceptors (Lipinski definition) is 3. The second-order valence-corrected chi connectivity index (χ2v) is 6.71. The maximum atomic E-state index is 13.6. The fraction of sp³-hybridized carbons (Fsp3) is 0. The van der Waals surface area contributed by atoms with E-state index in [9.17, 15) is 18.4 Å². The molecular weight excluding hydrogens is 384 g/mol. The maximum absolute atomic E-state index is 13.6. The Morgan fingerprint density at radius 2 is 1.73 bits per heavy atom. The second kappa shape index (κ2) is 7.23. The Kier molecular flexibility index (Phi) is 5.01. The molecule has 1 aromatic heterocycles. The first-order chi connectivity index (χ1) is 12.4. The van der Waals surface area contributed by atoms with E-state index in [1.54, 1.807) is 6.07 Å². The van der Waals surface area contributed by atoms with Gasteiger partial charge in [-0.1, -0.05) is 17.7 Å². The van der Waals surface area contributed by atoms with Gasteiger partial charge in [0.2, 0.25) is 0 Å². The Hall–Kier alpha value is -2.77. The third kappa shape index (κ3) is 3.58. The monoisotopic (exact) mass is 393 g/mol. The number of carbonyl (C=O) groups excluding carboxylic acids is 1. The number of carboxylic acid groups (broad SMARTS) is 1. The van der Waals surface area contributed by atoms with Gasteiger partial charge in [0.25, 0.3) is 5.91 Å². The van der Waals surface area contributed by atoms with Crippen LogP contribution < -0.4 is 5.32 Å². The van der Waals surface area contributed by atoms with Crippen LogP contribution in [-0.4, -0.2) is 17.0 Å². The van der Waals surface area contributed by atoms with E-state index in [4.69, 9.17) is 16.7 Å². The molecule has 3 rings (SSSR count). The fourth-order valence-electron chi connectivity index (χ4n) is 2.24. The van der Waals surface area contributed by atoms with Crippen LogP contribution in [0, 0.1) is 11.6 Å². The largest absolute Gasteiger partial charge is 0.478 e. The minimum atomic E-state index is -1.10. The molecule has 0 fully saturated rings. The number of rotatable bonds is 4. The number of carboxylic acids is 1. The van der Waals surface area contributed by atoms with Crippen molar-refractivity contribution in [1.29, 1.82) is 0 Å². The van der Waals surface area contributed by atoms with E-state index < -0.39 is 29.2 Å². The minimum absolute atomic E-state index is 0.0530. The molecular formula is C18H10ClF2NO3S. The van der Waals surface area contributed by atoms with E-state index in [1.807, 2.05) is 0 Å². The lowest BCUT2D eigenvalue weighted by Crippen LogP contribution is -2.12. The van der Waals surface area contributed by atoms with Crippen molar-refractivity contribution in [2.75, 3.05) is 5.32 Å². The van der Waals surface area contributed by atoms with Gasteiger partial charge in [0, 0.05) is 15.5 Å². The van der Waals surface area contributed by atoms with Gasteiger partial charge >= 0.3 is 5.97 Å². The SMILES string of the molecule is O=C(O)c1ccc(Cl)c(-c2ccc(C(=O)Nc3c(F)cccc3F)s2)c1. The molecule has 0 atom stereocenters. The number of carbonyl (C=O) groups is 2. The van der Waals surface area contributed by atoms with Crippen LogP contribution in [-0.2, 0) is 0 Å². The van der Waals surface area contributed by atoms with Gasteiger partial charge in [0.05, 0.1) is 10.4 Å². The van der Waals surface area contributed by atoms with Crippen molar-refractivity contribution < 1.29 is 23.5 Å². The molecule has 0 bridgehead atoms. The number of aromatic carboxylic acids is 1. The lowest BCUT2D eigenvalue weighted by molar-refractivity contribution is 0.0696. The molecule has 0 saturated heterocycles. The minimum Gasteiger partial charge on any atom is -0.478 e. The van der Waals surface area contributed by atoms with Crippen molar-refractivity contribution >= 4 is 40.5 Å². The van der Waals surface area contributed by atoms with Crippen LogP contribution in [0.5, 0.6) is 0 Å². The molecule has 1 heterocycles. The normalized spacial score (nSPS) is 10.6. The van der Waals surface area contributed by atoms with Crippen LogP contribution in [0.25, 0.3) is 10.4 Å². The van der Waals surface area contributed by atoms with Crippen LogP contribution in [0.15, 0.2) is 48.5 Å². The summed E-state index contributed by atoms with van der Waals surface area (Å²) in [5.41, 5.74) is -0.0247. The molecule has 0 unspecified atom stereocenters. The maximum Gasteiger partial charge on any atom is 0.335 e. The van der Waals surface area contributed by atoms with E-state index >= 15 is 0 Å². The number of hydrogen-bond donors (Lipinski definition) is 2. The van der Waals surface area contributed by atoms with Crippen molar-refractivity contribution in [2.45, 2.75) is 0 Å². The Bertz CT molecular complexity index is 999. The van der Waals surface area contributed by atoms with Gasteiger partial charge in [-0.15, -0.1) is 11.3 Å². The van der Waals surface area contributed by atoms with Gasteiger partial charge < -0.3 is 10.4 Å². The van der Waals surface area contributed by atoms with Gasteiger partial charge in [-0.3, -0.25) is 4.79 Å². The first kappa shape index (κ1) is 18.0. The molecule has 2 N–H and O–H groups in total. The van der Waals surface area contributed by atoms with Crippen molar-refractivity contribution in [3.8, 4) is 10.4 Å². The van der Waals surface area contributed by atoms with E-state index in [0.717, 1.165) is 23.5 Å². The van der Waals surface area contributed by atoms with Gasteiger partial charge in [-0.2, -0.15) is 0 Å². The van der Waals surface area contributed by atoms with Crippen molar-refractivity contribution in [1.82, 2.24) is 0 Å². The lowest BCUT2D eigenvalue weighted by Gasteiger charge is -2.06. The van der Waals surface area contributed by atoms with Crippen molar-refractivity contribution in [3.05, 3.63) is 75.6 Å². The van der Waals surface area contributed by atoms with E-state index in [-0.39, 0.29) is 10.4 Å². The molecule has 0 aliphatic rings. The molecule has 26 heavy (non-hydrogen) atoms. The van der Waals surface area contributed by atoms with E-state index in [1.165, 1.54) is 30.3 Å². The van der Waals surface area contributed by atoms with Crippen LogP contribution in [0.3, 0.4) is 0 Å². The highest BCUT2D eigenvalue weighted by Gasteiger charge is 2.17. The molecule has 3 aromatic rings. The zero-order chi connectivity index (χ0) is 18.8. The summed E-state index contributed by atoms with van der Waals surface area (Å²) < 4.78 is 27.3. The van der Waals surface area contributed by atoms with E-state index in [2.05, 4.69) is 5.32 Å². The smallest absolute Gasteiger partial charge is 0.335 e. The quantitative estimate of drug-likeness (QED) is 0.632. The van der Waals surface area contributed by atoms with Crippen molar-refractivity contribution in [3.63, 3.8) is 0 Å². The van der Waals surface area contributed by atoms with Gasteiger partial charge in [-0.05, 0) is 42.5 Å². The van der Waals surface area contributed by atoms with Crippen LogP contribution in [0.2, 0.25) is 5.02 Å². The molecule has 0 aliphatic carbocycles. The lowest BCUT2D eigenvalue weighted by atomic mass is 10.1. The number of benzene rings is 2. The molecule has 132 valence electrons. The highest BCUT2D eigenvalue weighted by Crippen LogP contribution is 2.34. The second-order valence-electron chi connectivity index (χ2n) is 5.21. The summed E-state index contributed by atoms with van der Waals surface area (Å²) in [6.45, 7) is 0. The summed E-state index contributed by atoms with van der Waals surface area (Å²) in [7, 11) is 0. The van der Waals surface area contributed by atoms with Gasteiger partial charge in [0.1, 0.15) is 17.3 Å². The molecule has 1 amide bonds. The fourth-order valence-corrected chi connectivity index (χ4v) is 3.45. The summed E-state index contributed by atoms with van der Waals surface area (Å²) in [4.78, 5) is 24.1. The summed E-state index contributed by atoms with van der Waals surface area (Å²) in [5, 5.41) is 11.6. The zero-order valence-corrected chi connectivity index (χ0v) is 14.5. The Morgan fingerprint density at radius 3 is 2.38 bits per heavy atom. The van der Waals surface area contributed by atoms with Crippen LogP contribution in [0.1, 0.15) is 20.0 Å². The summed E-state index contributed by atoms with van der Waals surface area (Å²) in [6.07, 6.45) is 0. The number of anilines is 1. The summed E-state index contributed by atoms with van der Waals surface area (Å²) in [6, 6.07) is 10.5. The first-order valence-corrected chi connectivity index (χ1v) is 8.44. The Morgan fingerprint density at radius 1 is 1.04 bits per heavy atom. The standard InChI is InChI=1S/C18H10ClF2NO3S/c19-11-5-4-9(18(24)25)8-10(11)14-6-7-15(26-14)17(23)22-16-12(20)2-1-3-13(16)21/h1-8H,(H,22,23)(H,24,25). The molecule has 0 spiro atoms. The van der Waals surface area contributed by atoms with Crippen LogP contribution in [0.4, 0.5) is 14.5 Å². The molecule has 8 heteroatoms. The predicted molar refractivity (Wildman–Crippen MR) is 96.0 cm³/mol. The number of thiophene rings is 1. The number of amides is 1. The van der Waals surface area contributed by atoms with Gasteiger partial charge in [0.15, 0.2) is 0 Å². The number of nitrogens with one attached hydrogen (secondary N) is 1. The van der Waals surface area contributed by atoms with Crippen molar-refractivity contribution in [2.24, 2.45) is 0 Å². The average molecular weight is 394 g/mol. The highest BCUT2D eigenvalue weighted by atomic mass is 35.5. The highest BCUT2D eigenvalue weighted by molar-refractivity contribution is 7.17. The molecule has 2 aromatic carbocycles. The van der Waals surface area contributed by atoms with Crippen LogP contribution >= 0.6 is 22.9 Å². The average Bonchev–Trinajstić information content (AvgIpc) is 3.08. The van der Waals surface area contributed by atoms with E-state index in [0.29, 0.717) is 15.5 Å². The predicted octanol–water partition coefficient (Wildman–Crippen LogP) is 5.30. The summed E-state index contributed by atoms with van der Waals surface area (Å²) in [5.74, 6) is -3.55. The number of halogens is 3. The Labute approximate surface area is 155 Å². The zero-order valence-electron chi connectivity index (χ0n) is 12.9.